The summed E-state index contributed by atoms with van der Waals surface area (Å²) in [5, 5.41) is 20.4. The van der Waals surface area contributed by atoms with Gasteiger partial charge in [0, 0.05) is 36.6 Å². The molecule has 0 spiro atoms. The number of amidine groups is 1. The Morgan fingerprint density at radius 3 is 2.74 bits per heavy atom. The van der Waals surface area contributed by atoms with E-state index in [1.165, 1.54) is 17.3 Å². The summed E-state index contributed by atoms with van der Waals surface area (Å²) < 4.78 is 2.05. The van der Waals surface area contributed by atoms with Crippen molar-refractivity contribution in [3.05, 3.63) is 60.4 Å². The second kappa shape index (κ2) is 10.1. The van der Waals surface area contributed by atoms with Gasteiger partial charge in [-0.25, -0.2) is 0 Å². The fourth-order valence-electron chi connectivity index (χ4n) is 3.18. The lowest BCUT2D eigenvalue weighted by atomic mass is 10.1. The van der Waals surface area contributed by atoms with E-state index in [9.17, 15) is 4.79 Å². The van der Waals surface area contributed by atoms with Gasteiger partial charge >= 0.3 is 0 Å². The van der Waals surface area contributed by atoms with Crippen molar-refractivity contribution in [3.8, 4) is 11.4 Å². The van der Waals surface area contributed by atoms with E-state index in [1.807, 2.05) is 41.8 Å². The highest BCUT2D eigenvalue weighted by Crippen LogP contribution is 2.24. The molecule has 0 radical (unpaired) electrons. The number of hydrogen-bond acceptors (Lipinski definition) is 7. The standard InChI is InChI=1S/C22H23N7OS/c1-2-18-13-19(26-25-18)24-20(30)15-31-22-28-27-21(17-9-6-11-23-14-17)29(22)12-10-16-7-4-3-5-8-16/h3-9,11,14H,2,10,12-13,15H2,1H3,(H,24,26,30). The Balaban J connectivity index is 1.45. The van der Waals surface area contributed by atoms with Crippen molar-refractivity contribution >= 4 is 29.2 Å². The smallest absolute Gasteiger partial charge is 0.235 e. The summed E-state index contributed by atoms with van der Waals surface area (Å²) in [5.41, 5.74) is 3.10. The monoisotopic (exact) mass is 433 g/mol. The van der Waals surface area contributed by atoms with Crippen molar-refractivity contribution in [3.63, 3.8) is 0 Å². The van der Waals surface area contributed by atoms with Gasteiger partial charge in [0.2, 0.25) is 5.91 Å². The van der Waals surface area contributed by atoms with E-state index in [0.717, 1.165) is 29.9 Å². The number of amides is 1. The first kappa shape index (κ1) is 20.9. The molecule has 9 heteroatoms. The quantitative estimate of drug-likeness (QED) is 0.550. The molecule has 1 N–H and O–H groups in total. The molecule has 4 rings (SSSR count). The summed E-state index contributed by atoms with van der Waals surface area (Å²) in [5.74, 6) is 1.44. The molecule has 3 heterocycles. The van der Waals surface area contributed by atoms with Crippen LogP contribution >= 0.6 is 11.8 Å². The number of nitrogens with one attached hydrogen (secondary N) is 1. The molecule has 158 valence electrons. The minimum absolute atomic E-state index is 0.128. The third-order valence-electron chi connectivity index (χ3n) is 4.81. The fourth-order valence-corrected chi connectivity index (χ4v) is 3.94. The number of thioether (sulfide) groups is 1. The summed E-state index contributed by atoms with van der Waals surface area (Å²) in [6.45, 7) is 2.72. The van der Waals surface area contributed by atoms with E-state index in [1.54, 1.807) is 12.4 Å². The van der Waals surface area contributed by atoms with E-state index < -0.39 is 0 Å². The van der Waals surface area contributed by atoms with Crippen molar-refractivity contribution in [1.29, 1.82) is 0 Å². The molecule has 2 aromatic heterocycles. The van der Waals surface area contributed by atoms with E-state index in [4.69, 9.17) is 0 Å². The topological polar surface area (TPSA) is 97.4 Å². The molecule has 0 aliphatic carbocycles. The molecule has 0 saturated carbocycles. The van der Waals surface area contributed by atoms with Crippen LogP contribution < -0.4 is 5.32 Å². The number of nitrogens with zero attached hydrogens (tertiary/aromatic N) is 6. The SMILES string of the molecule is CCC1=NN=C(NC(=O)CSc2nnc(-c3cccnc3)n2CCc2ccccc2)C1. The average Bonchev–Trinajstić information content (AvgIpc) is 3.44. The van der Waals surface area contributed by atoms with Gasteiger partial charge in [-0.05, 0) is 30.5 Å². The van der Waals surface area contributed by atoms with Crippen molar-refractivity contribution in [2.45, 2.75) is 37.9 Å². The lowest BCUT2D eigenvalue weighted by Gasteiger charge is -2.10. The van der Waals surface area contributed by atoms with Crippen LogP contribution in [0.25, 0.3) is 11.4 Å². The zero-order valence-electron chi connectivity index (χ0n) is 17.2. The Kier molecular flexibility index (Phi) is 6.83. The lowest BCUT2D eigenvalue weighted by Crippen LogP contribution is -2.31. The molecule has 8 nitrogen and oxygen atoms in total. The summed E-state index contributed by atoms with van der Waals surface area (Å²) in [4.78, 5) is 16.6. The molecule has 3 aromatic rings. The van der Waals surface area contributed by atoms with Gasteiger partial charge in [0.1, 0.15) is 5.84 Å². The van der Waals surface area contributed by atoms with Crippen LogP contribution in [0.2, 0.25) is 0 Å². The van der Waals surface area contributed by atoms with Crippen LogP contribution in [0.5, 0.6) is 0 Å². The van der Waals surface area contributed by atoms with E-state index >= 15 is 0 Å². The van der Waals surface area contributed by atoms with Crippen LogP contribution in [-0.2, 0) is 17.8 Å². The summed E-state index contributed by atoms with van der Waals surface area (Å²) in [6.07, 6.45) is 5.77. The van der Waals surface area contributed by atoms with Crippen molar-refractivity contribution in [2.24, 2.45) is 10.2 Å². The van der Waals surface area contributed by atoms with Crippen LogP contribution in [0.1, 0.15) is 25.3 Å². The average molecular weight is 434 g/mol. The summed E-state index contributed by atoms with van der Waals surface area (Å²) in [6, 6.07) is 14.1. The van der Waals surface area contributed by atoms with Gasteiger partial charge in [-0.2, -0.15) is 5.10 Å². The van der Waals surface area contributed by atoms with Crippen LogP contribution in [0.3, 0.4) is 0 Å². The molecule has 0 atom stereocenters. The molecule has 1 aromatic carbocycles. The first-order valence-electron chi connectivity index (χ1n) is 10.2. The molecule has 1 aliphatic heterocycles. The van der Waals surface area contributed by atoms with Crippen LogP contribution in [0, 0.1) is 0 Å². The highest BCUT2D eigenvalue weighted by atomic mass is 32.2. The second-order valence-corrected chi connectivity index (χ2v) is 7.96. The number of hydrogen-bond donors (Lipinski definition) is 1. The summed E-state index contributed by atoms with van der Waals surface area (Å²) in [7, 11) is 0. The van der Waals surface area contributed by atoms with Crippen LogP contribution in [0.15, 0.2) is 70.2 Å². The highest BCUT2D eigenvalue weighted by Gasteiger charge is 2.18. The largest absolute Gasteiger partial charge is 0.312 e. The minimum atomic E-state index is -0.128. The molecular formula is C22H23N7OS. The Hall–Kier alpha value is -3.33. The number of carbonyl (C=O) groups is 1. The van der Waals surface area contributed by atoms with Gasteiger partial charge in [-0.15, -0.1) is 15.3 Å². The molecule has 0 fully saturated rings. The molecular weight excluding hydrogens is 410 g/mol. The number of aromatic nitrogens is 4. The molecule has 1 aliphatic rings. The van der Waals surface area contributed by atoms with Gasteiger partial charge in [0.05, 0.1) is 5.75 Å². The van der Waals surface area contributed by atoms with E-state index in [0.29, 0.717) is 24.0 Å². The van der Waals surface area contributed by atoms with Gasteiger partial charge in [-0.3, -0.25) is 9.78 Å². The first-order valence-corrected chi connectivity index (χ1v) is 11.1. The third kappa shape index (κ3) is 5.43. The van der Waals surface area contributed by atoms with Crippen LogP contribution in [-0.4, -0.2) is 43.0 Å². The first-order chi connectivity index (χ1) is 15.2. The maximum atomic E-state index is 12.4. The predicted molar refractivity (Wildman–Crippen MR) is 122 cm³/mol. The van der Waals surface area contributed by atoms with Gasteiger partial charge < -0.3 is 9.88 Å². The highest BCUT2D eigenvalue weighted by molar-refractivity contribution is 7.99. The maximum absolute atomic E-state index is 12.4. The second-order valence-electron chi connectivity index (χ2n) is 7.02. The van der Waals surface area contributed by atoms with Gasteiger partial charge in [0.25, 0.3) is 0 Å². The zero-order valence-corrected chi connectivity index (χ0v) is 18.0. The number of pyridine rings is 1. The third-order valence-corrected chi connectivity index (χ3v) is 5.78. The molecule has 1 amide bonds. The van der Waals surface area contributed by atoms with Crippen molar-refractivity contribution in [2.75, 3.05) is 5.75 Å². The van der Waals surface area contributed by atoms with Gasteiger partial charge in [-0.1, -0.05) is 49.0 Å². The number of carbonyl (C=O) groups excluding carboxylic acids is 1. The fraction of sp³-hybridized carbons (Fsp3) is 0.273. The molecule has 31 heavy (non-hydrogen) atoms. The Bertz CT molecular complexity index is 1090. The predicted octanol–water partition coefficient (Wildman–Crippen LogP) is 3.36. The number of benzene rings is 1. The molecule has 0 unspecified atom stereocenters. The summed E-state index contributed by atoms with van der Waals surface area (Å²) >= 11 is 1.36. The lowest BCUT2D eigenvalue weighted by molar-refractivity contribution is -0.117. The van der Waals surface area contributed by atoms with E-state index in [-0.39, 0.29) is 11.7 Å². The number of rotatable bonds is 8. The van der Waals surface area contributed by atoms with Gasteiger partial charge in [0.15, 0.2) is 11.0 Å². The maximum Gasteiger partial charge on any atom is 0.235 e. The minimum Gasteiger partial charge on any atom is -0.312 e. The van der Waals surface area contributed by atoms with Crippen molar-refractivity contribution in [1.82, 2.24) is 25.1 Å². The Labute approximate surface area is 184 Å². The zero-order chi connectivity index (χ0) is 21.5. The van der Waals surface area contributed by atoms with Crippen LogP contribution in [0.4, 0.5) is 0 Å². The molecule has 0 bridgehead atoms. The number of aryl methyl sites for hydroxylation is 1. The normalized spacial score (nSPS) is 13.1. The Morgan fingerprint density at radius 1 is 1.13 bits per heavy atom. The van der Waals surface area contributed by atoms with E-state index in [2.05, 4.69) is 42.8 Å². The van der Waals surface area contributed by atoms with Crippen molar-refractivity contribution < 1.29 is 4.79 Å². The Morgan fingerprint density at radius 2 is 2.00 bits per heavy atom. The molecule has 0 saturated heterocycles.